The molecule has 2 aromatic heterocycles. The van der Waals surface area contributed by atoms with Crippen LogP contribution in [0.15, 0.2) is 52.7 Å². The fourth-order valence-electron chi connectivity index (χ4n) is 3.34. The summed E-state index contributed by atoms with van der Waals surface area (Å²) >= 11 is 0. The van der Waals surface area contributed by atoms with E-state index in [1.807, 2.05) is 25.1 Å². The van der Waals surface area contributed by atoms with E-state index in [-0.39, 0.29) is 0 Å². The second-order valence-electron chi connectivity index (χ2n) is 6.66. The third-order valence-corrected chi connectivity index (χ3v) is 4.88. The number of benzene rings is 1. The lowest BCUT2D eigenvalue weighted by Gasteiger charge is -2.21. The average molecular weight is 373 g/mol. The Morgan fingerprint density at radius 2 is 1.79 bits per heavy atom. The van der Waals surface area contributed by atoms with E-state index in [0.717, 1.165) is 41.5 Å². The van der Waals surface area contributed by atoms with Crippen LogP contribution in [0.5, 0.6) is 0 Å². The molecule has 0 atom stereocenters. The lowest BCUT2D eigenvalue weighted by atomic mass is 10.1. The highest BCUT2D eigenvalue weighted by Gasteiger charge is 2.26. The van der Waals surface area contributed by atoms with Crippen molar-refractivity contribution in [1.82, 2.24) is 19.9 Å². The normalized spacial score (nSPS) is 14.3. The number of nitrogens with zero attached hydrogens (tertiary/aromatic N) is 7. The molecule has 0 saturated heterocycles. The zero-order valence-corrected chi connectivity index (χ0v) is 16.6. The van der Waals surface area contributed by atoms with Crippen molar-refractivity contribution in [3.63, 3.8) is 0 Å². The quantitative estimate of drug-likeness (QED) is 0.681. The molecule has 7 nitrogen and oxygen atoms in total. The van der Waals surface area contributed by atoms with E-state index in [1.54, 1.807) is 10.9 Å². The van der Waals surface area contributed by atoms with Crippen LogP contribution >= 0.6 is 0 Å². The molecule has 0 radical (unpaired) electrons. The monoisotopic (exact) mass is 373 g/mol. The van der Waals surface area contributed by atoms with Crippen molar-refractivity contribution in [2.45, 2.75) is 27.7 Å². The Kier molecular flexibility index (Phi) is 4.73. The first-order chi connectivity index (χ1) is 13.6. The molecule has 1 aromatic carbocycles. The van der Waals surface area contributed by atoms with Gasteiger partial charge in [-0.25, -0.2) is 4.99 Å². The highest BCUT2D eigenvalue weighted by atomic mass is 15.5. The van der Waals surface area contributed by atoms with Crippen molar-refractivity contribution in [1.29, 1.82) is 0 Å². The minimum Gasteiger partial charge on any atom is -0.372 e. The predicted molar refractivity (Wildman–Crippen MR) is 113 cm³/mol. The fraction of sp³-hybridized carbons (Fsp3) is 0.286. The lowest BCUT2D eigenvalue weighted by Crippen LogP contribution is -2.21. The van der Waals surface area contributed by atoms with Crippen LogP contribution in [0.25, 0.3) is 11.5 Å². The fourth-order valence-corrected chi connectivity index (χ4v) is 3.34. The zero-order chi connectivity index (χ0) is 19.7. The number of rotatable bonds is 5. The Bertz CT molecular complexity index is 1060. The number of fused-ring (bicyclic) bond motifs is 1. The van der Waals surface area contributed by atoms with E-state index < -0.39 is 0 Å². The summed E-state index contributed by atoms with van der Waals surface area (Å²) in [5.41, 5.74) is 5.54. The maximum atomic E-state index is 4.86. The SMILES string of the molecule is CCN(CC)c1ccc(/N=C2/C(C)=Nn3c2nnc3-c2ccccn2)c(C)c1. The number of anilines is 1. The van der Waals surface area contributed by atoms with Crippen LogP contribution in [0.1, 0.15) is 32.2 Å². The molecule has 4 rings (SSSR count). The third-order valence-electron chi connectivity index (χ3n) is 4.88. The zero-order valence-electron chi connectivity index (χ0n) is 16.6. The molecule has 3 aromatic rings. The van der Waals surface area contributed by atoms with Gasteiger partial charge in [0.1, 0.15) is 11.4 Å². The topological polar surface area (TPSA) is 71.6 Å². The van der Waals surface area contributed by atoms with Gasteiger partial charge in [-0.3, -0.25) is 4.98 Å². The Balaban J connectivity index is 1.72. The summed E-state index contributed by atoms with van der Waals surface area (Å²) in [6, 6.07) is 12.0. The van der Waals surface area contributed by atoms with Crippen molar-refractivity contribution in [2.75, 3.05) is 18.0 Å². The average Bonchev–Trinajstić information content (AvgIpc) is 3.24. The van der Waals surface area contributed by atoms with Crippen LogP contribution in [0.2, 0.25) is 0 Å². The minimum absolute atomic E-state index is 0.619. The van der Waals surface area contributed by atoms with E-state index in [4.69, 9.17) is 4.99 Å². The second-order valence-corrected chi connectivity index (χ2v) is 6.66. The van der Waals surface area contributed by atoms with Gasteiger partial charge in [0, 0.05) is 25.0 Å². The first-order valence-corrected chi connectivity index (χ1v) is 9.49. The summed E-state index contributed by atoms with van der Waals surface area (Å²) in [7, 11) is 0. The largest absolute Gasteiger partial charge is 0.372 e. The highest BCUT2D eigenvalue weighted by Crippen LogP contribution is 2.27. The van der Waals surface area contributed by atoms with Crippen LogP contribution in [-0.2, 0) is 0 Å². The molecule has 0 aliphatic carbocycles. The predicted octanol–water partition coefficient (Wildman–Crippen LogP) is 3.85. The minimum atomic E-state index is 0.619. The van der Waals surface area contributed by atoms with Gasteiger partial charge in [0.05, 0.1) is 11.4 Å². The summed E-state index contributed by atoms with van der Waals surface area (Å²) in [5.74, 6) is 1.26. The third kappa shape index (κ3) is 3.09. The highest BCUT2D eigenvalue weighted by molar-refractivity contribution is 6.48. The Hall–Kier alpha value is -3.35. The Labute approximate surface area is 164 Å². The molecule has 1 aliphatic rings. The second kappa shape index (κ2) is 7.34. The molecular weight excluding hydrogens is 350 g/mol. The summed E-state index contributed by atoms with van der Waals surface area (Å²) in [5, 5.41) is 13.2. The first-order valence-electron chi connectivity index (χ1n) is 9.49. The molecule has 7 heteroatoms. The lowest BCUT2D eigenvalue weighted by molar-refractivity contribution is 0.865. The van der Waals surface area contributed by atoms with Gasteiger partial charge in [0.25, 0.3) is 0 Å². The van der Waals surface area contributed by atoms with Gasteiger partial charge in [-0.2, -0.15) is 9.78 Å². The summed E-state index contributed by atoms with van der Waals surface area (Å²) in [6.07, 6.45) is 1.73. The number of pyridine rings is 1. The molecule has 0 saturated carbocycles. The number of aromatic nitrogens is 4. The standard InChI is InChI=1S/C21H23N7/c1-5-27(6-2)16-10-11-17(14(3)13-16)23-19-15(4)26-28-20(24-25-21(19)28)18-9-7-8-12-22-18/h7-13H,5-6H2,1-4H3/b23-19-. The summed E-state index contributed by atoms with van der Waals surface area (Å²) in [6.45, 7) is 10.3. The van der Waals surface area contributed by atoms with Crippen molar-refractivity contribution < 1.29 is 0 Å². The van der Waals surface area contributed by atoms with E-state index in [2.05, 4.69) is 64.2 Å². The van der Waals surface area contributed by atoms with E-state index in [9.17, 15) is 0 Å². The van der Waals surface area contributed by atoms with Crippen molar-refractivity contribution >= 4 is 22.8 Å². The number of hydrogen-bond donors (Lipinski definition) is 0. The maximum absolute atomic E-state index is 4.86. The van der Waals surface area contributed by atoms with Gasteiger partial charge < -0.3 is 4.90 Å². The van der Waals surface area contributed by atoms with Crippen molar-refractivity contribution in [3.8, 4) is 11.5 Å². The van der Waals surface area contributed by atoms with Gasteiger partial charge in [0.2, 0.25) is 11.6 Å². The van der Waals surface area contributed by atoms with Crippen molar-refractivity contribution in [3.05, 3.63) is 54.0 Å². The number of aryl methyl sites for hydroxylation is 1. The molecular formula is C21H23N7. The molecule has 3 heterocycles. The van der Waals surface area contributed by atoms with Crippen LogP contribution in [0.3, 0.4) is 0 Å². The van der Waals surface area contributed by atoms with Crippen molar-refractivity contribution in [2.24, 2.45) is 10.1 Å². The first kappa shape index (κ1) is 18.0. The van der Waals surface area contributed by atoms with E-state index >= 15 is 0 Å². The maximum Gasteiger partial charge on any atom is 0.205 e. The van der Waals surface area contributed by atoms with E-state index in [0.29, 0.717) is 11.6 Å². The molecule has 0 unspecified atom stereocenters. The molecule has 0 N–H and O–H groups in total. The van der Waals surface area contributed by atoms with Crippen LogP contribution in [0, 0.1) is 6.92 Å². The molecule has 0 amide bonds. The van der Waals surface area contributed by atoms with Crippen LogP contribution in [-0.4, -0.2) is 44.4 Å². The van der Waals surface area contributed by atoms with Gasteiger partial charge in [-0.1, -0.05) is 6.07 Å². The molecule has 28 heavy (non-hydrogen) atoms. The summed E-state index contributed by atoms with van der Waals surface area (Å²) < 4.78 is 1.72. The molecule has 1 aliphatic heterocycles. The number of hydrogen-bond acceptors (Lipinski definition) is 6. The van der Waals surface area contributed by atoms with Gasteiger partial charge in [-0.15, -0.1) is 10.2 Å². The Morgan fingerprint density at radius 1 is 1.00 bits per heavy atom. The van der Waals surface area contributed by atoms with Crippen LogP contribution < -0.4 is 4.90 Å². The van der Waals surface area contributed by atoms with E-state index in [1.165, 1.54) is 5.69 Å². The number of aliphatic imine (C=N–C) groups is 1. The molecule has 0 spiro atoms. The van der Waals surface area contributed by atoms with Gasteiger partial charge in [-0.05, 0) is 63.6 Å². The Morgan fingerprint density at radius 3 is 2.46 bits per heavy atom. The van der Waals surface area contributed by atoms with Crippen LogP contribution in [0.4, 0.5) is 11.4 Å². The molecule has 0 fully saturated rings. The molecule has 142 valence electrons. The summed E-state index contributed by atoms with van der Waals surface area (Å²) in [4.78, 5) is 11.5. The molecule has 0 bridgehead atoms. The van der Waals surface area contributed by atoms with Gasteiger partial charge >= 0.3 is 0 Å². The van der Waals surface area contributed by atoms with Gasteiger partial charge in [0.15, 0.2) is 0 Å². The smallest absolute Gasteiger partial charge is 0.205 e.